The minimum absolute atomic E-state index is 0.133. The highest BCUT2D eigenvalue weighted by Gasteiger charge is 2.55. The second kappa shape index (κ2) is 6.59. The van der Waals surface area contributed by atoms with Gasteiger partial charge < -0.3 is 4.84 Å². The monoisotopic (exact) mass is 360 g/mol. The third-order valence-electron chi connectivity index (χ3n) is 6.65. The second-order valence-electron chi connectivity index (χ2n) is 8.60. The number of carbonyl (C=O) groups excluding carboxylic acids is 1. The number of aromatic nitrogens is 1. The molecule has 4 heteroatoms. The van der Waals surface area contributed by atoms with Crippen LogP contribution in [0, 0.1) is 23.2 Å². The molecule has 4 nitrogen and oxygen atoms in total. The molecule has 0 unspecified atom stereocenters. The van der Waals surface area contributed by atoms with Crippen LogP contribution in [0.2, 0.25) is 0 Å². The Morgan fingerprint density at radius 3 is 2.15 bits per heavy atom. The molecule has 0 saturated heterocycles. The van der Waals surface area contributed by atoms with E-state index in [1.807, 2.05) is 48.5 Å². The fraction of sp³-hybridized carbons (Fsp3) is 0.435. The van der Waals surface area contributed by atoms with Crippen LogP contribution in [0.1, 0.15) is 49.8 Å². The summed E-state index contributed by atoms with van der Waals surface area (Å²) in [5, 5.41) is 4.33. The fourth-order valence-corrected chi connectivity index (χ4v) is 5.89. The molecule has 0 spiro atoms. The van der Waals surface area contributed by atoms with Gasteiger partial charge in [0, 0.05) is 11.8 Å². The van der Waals surface area contributed by atoms with Gasteiger partial charge in [-0.2, -0.15) is 0 Å². The minimum Gasteiger partial charge on any atom is -0.317 e. The number of nitrogens with zero attached hydrogens (tertiary/aromatic N) is 2. The summed E-state index contributed by atoms with van der Waals surface area (Å²) in [5.41, 5.74) is 1.91. The normalized spacial score (nSPS) is 31.7. The van der Waals surface area contributed by atoms with Gasteiger partial charge >= 0.3 is 5.97 Å². The van der Waals surface area contributed by atoms with Gasteiger partial charge in [0.05, 0.1) is 11.1 Å². The predicted molar refractivity (Wildman–Crippen MR) is 103 cm³/mol. The van der Waals surface area contributed by atoms with Crippen LogP contribution in [0.5, 0.6) is 0 Å². The molecule has 0 aliphatic heterocycles. The molecule has 0 radical (unpaired) electrons. The van der Waals surface area contributed by atoms with Crippen LogP contribution in [0.4, 0.5) is 0 Å². The van der Waals surface area contributed by atoms with Gasteiger partial charge in [-0.15, -0.1) is 0 Å². The lowest BCUT2D eigenvalue weighted by Gasteiger charge is -2.54. The van der Waals surface area contributed by atoms with Crippen molar-refractivity contribution < 1.29 is 9.63 Å². The summed E-state index contributed by atoms with van der Waals surface area (Å²) in [5.74, 6) is 1.98. The third-order valence-corrected chi connectivity index (χ3v) is 6.65. The lowest BCUT2D eigenvalue weighted by molar-refractivity contribution is -0.171. The Kier molecular flexibility index (Phi) is 4.07. The predicted octanol–water partition coefficient (Wildman–Crippen LogP) is 4.59. The Bertz CT molecular complexity index is 784. The second-order valence-corrected chi connectivity index (χ2v) is 8.60. The van der Waals surface area contributed by atoms with Gasteiger partial charge in [-0.3, -0.25) is 4.98 Å². The molecular weight excluding hydrogens is 336 g/mol. The molecule has 4 fully saturated rings. The molecule has 0 atom stereocenters. The lowest BCUT2D eigenvalue weighted by atomic mass is 9.49. The van der Waals surface area contributed by atoms with Crippen molar-refractivity contribution >= 4 is 11.7 Å². The highest BCUT2D eigenvalue weighted by atomic mass is 16.7. The van der Waals surface area contributed by atoms with E-state index in [1.165, 1.54) is 19.3 Å². The molecule has 4 saturated carbocycles. The number of hydrogen-bond acceptors (Lipinski definition) is 4. The van der Waals surface area contributed by atoms with E-state index < -0.39 is 0 Å². The first-order chi connectivity index (χ1) is 13.2. The van der Waals surface area contributed by atoms with Crippen molar-refractivity contribution in [2.45, 2.75) is 38.5 Å². The Labute approximate surface area is 159 Å². The molecule has 27 heavy (non-hydrogen) atoms. The van der Waals surface area contributed by atoms with Gasteiger partial charge in [0.15, 0.2) is 0 Å². The van der Waals surface area contributed by atoms with Crippen LogP contribution in [-0.4, -0.2) is 16.7 Å². The van der Waals surface area contributed by atoms with Gasteiger partial charge in [-0.05, 0) is 68.4 Å². The molecule has 1 aromatic carbocycles. The maximum absolute atomic E-state index is 13.1. The van der Waals surface area contributed by atoms with Gasteiger partial charge in [-0.1, -0.05) is 41.6 Å². The number of carbonyl (C=O) groups is 1. The van der Waals surface area contributed by atoms with E-state index in [1.54, 1.807) is 6.20 Å². The van der Waals surface area contributed by atoms with Gasteiger partial charge in [-0.25, -0.2) is 4.79 Å². The highest BCUT2D eigenvalue weighted by Crippen LogP contribution is 2.60. The van der Waals surface area contributed by atoms with Crippen LogP contribution in [-0.2, 0) is 9.63 Å². The first kappa shape index (κ1) is 16.7. The Hall–Kier alpha value is -2.49. The van der Waals surface area contributed by atoms with Crippen molar-refractivity contribution in [3.63, 3.8) is 0 Å². The number of oxime groups is 1. The zero-order valence-electron chi connectivity index (χ0n) is 15.4. The van der Waals surface area contributed by atoms with Crippen LogP contribution in [0.3, 0.4) is 0 Å². The molecule has 4 bridgehead atoms. The van der Waals surface area contributed by atoms with Crippen molar-refractivity contribution in [3.8, 4) is 0 Å². The number of pyridine rings is 1. The third kappa shape index (κ3) is 3.07. The average Bonchev–Trinajstić information content (AvgIpc) is 2.69. The van der Waals surface area contributed by atoms with Crippen LogP contribution < -0.4 is 0 Å². The van der Waals surface area contributed by atoms with Crippen molar-refractivity contribution in [1.82, 2.24) is 4.98 Å². The number of hydrogen-bond donors (Lipinski definition) is 0. The maximum atomic E-state index is 13.1. The average molecular weight is 360 g/mol. The molecule has 1 heterocycles. The van der Waals surface area contributed by atoms with Crippen molar-refractivity contribution in [1.29, 1.82) is 0 Å². The van der Waals surface area contributed by atoms with Crippen LogP contribution in [0.25, 0.3) is 0 Å². The molecule has 4 aliphatic rings. The molecule has 2 aromatic rings. The van der Waals surface area contributed by atoms with E-state index in [4.69, 9.17) is 4.84 Å². The largest absolute Gasteiger partial charge is 0.341 e. The Balaban J connectivity index is 1.43. The van der Waals surface area contributed by atoms with Crippen molar-refractivity contribution in [3.05, 3.63) is 66.0 Å². The van der Waals surface area contributed by atoms with E-state index in [0.717, 1.165) is 24.8 Å². The molecule has 0 amide bonds. The standard InChI is InChI=1S/C23H24N2O2/c26-22(23-13-16-10-17(14-23)12-18(11-16)15-23)27-25-21(19-6-2-1-3-7-19)20-8-4-5-9-24-20/h1-9,16-18H,10-15H2/b25-21-. The van der Waals surface area contributed by atoms with E-state index in [-0.39, 0.29) is 11.4 Å². The van der Waals surface area contributed by atoms with Gasteiger partial charge in [0.25, 0.3) is 0 Å². The lowest BCUT2D eigenvalue weighted by Crippen LogP contribution is -2.50. The summed E-state index contributed by atoms with van der Waals surface area (Å²) in [6, 6.07) is 15.5. The summed E-state index contributed by atoms with van der Waals surface area (Å²) in [7, 11) is 0. The molecule has 138 valence electrons. The van der Waals surface area contributed by atoms with Crippen LogP contribution >= 0.6 is 0 Å². The number of benzene rings is 1. The van der Waals surface area contributed by atoms with Gasteiger partial charge in [0.2, 0.25) is 0 Å². The fourth-order valence-electron chi connectivity index (χ4n) is 5.89. The van der Waals surface area contributed by atoms with Gasteiger partial charge in [0.1, 0.15) is 5.71 Å². The van der Waals surface area contributed by atoms with E-state index in [0.29, 0.717) is 29.2 Å². The van der Waals surface area contributed by atoms with Crippen LogP contribution in [0.15, 0.2) is 59.9 Å². The first-order valence-electron chi connectivity index (χ1n) is 9.98. The summed E-state index contributed by atoms with van der Waals surface area (Å²) in [6.07, 6.45) is 8.60. The Morgan fingerprint density at radius 2 is 1.56 bits per heavy atom. The summed E-state index contributed by atoms with van der Waals surface area (Å²) < 4.78 is 0. The van der Waals surface area contributed by atoms with Crippen molar-refractivity contribution in [2.24, 2.45) is 28.3 Å². The van der Waals surface area contributed by atoms with Crippen molar-refractivity contribution in [2.75, 3.05) is 0 Å². The zero-order valence-corrected chi connectivity index (χ0v) is 15.4. The van der Waals surface area contributed by atoms with E-state index in [9.17, 15) is 4.79 Å². The molecule has 4 aliphatic carbocycles. The summed E-state index contributed by atoms with van der Waals surface area (Å²) >= 11 is 0. The van der Waals surface area contributed by atoms with E-state index >= 15 is 0 Å². The Morgan fingerprint density at radius 1 is 0.926 bits per heavy atom. The minimum atomic E-state index is -0.301. The summed E-state index contributed by atoms with van der Waals surface area (Å²) in [4.78, 5) is 23.1. The topological polar surface area (TPSA) is 51.5 Å². The highest BCUT2D eigenvalue weighted by molar-refractivity contribution is 6.11. The molecule has 0 N–H and O–H groups in total. The van der Waals surface area contributed by atoms with E-state index in [2.05, 4.69) is 10.1 Å². The quantitative estimate of drug-likeness (QED) is 0.455. The summed E-state index contributed by atoms with van der Waals surface area (Å²) in [6.45, 7) is 0. The maximum Gasteiger partial charge on any atom is 0.341 e. The SMILES string of the molecule is O=C(O/N=C(/c1ccccc1)c1ccccn1)C12CC3CC(CC(C3)C1)C2. The first-order valence-corrected chi connectivity index (χ1v) is 9.98. The molecular formula is C23H24N2O2. The zero-order chi connectivity index (χ0) is 18.3. The smallest absolute Gasteiger partial charge is 0.317 e. The molecule has 1 aromatic heterocycles. The number of rotatable bonds is 4. The molecule has 6 rings (SSSR count).